The van der Waals surface area contributed by atoms with Crippen molar-refractivity contribution in [1.29, 1.82) is 0 Å². The summed E-state index contributed by atoms with van der Waals surface area (Å²) in [6.45, 7) is 0. The molecular weight excluding hydrogens is 644 g/mol. The minimum atomic E-state index is -0.679. The van der Waals surface area contributed by atoms with Crippen molar-refractivity contribution in [2.75, 3.05) is 10.6 Å². The van der Waals surface area contributed by atoms with E-state index >= 15 is 0 Å². The third-order valence-corrected chi connectivity index (χ3v) is 8.67. The zero-order valence-corrected chi connectivity index (χ0v) is 26.4. The van der Waals surface area contributed by atoms with E-state index in [4.69, 9.17) is 23.2 Å². The fraction of sp³-hybridized carbons (Fsp3) is 0.0278. The Morgan fingerprint density at radius 3 is 2.13 bits per heavy atom. The summed E-state index contributed by atoms with van der Waals surface area (Å²) in [4.78, 5) is 40.7. The van der Waals surface area contributed by atoms with Crippen LogP contribution in [0.1, 0.15) is 26.7 Å². The van der Waals surface area contributed by atoms with Gasteiger partial charge in [-0.3, -0.25) is 14.4 Å². The maximum atomic E-state index is 13.6. The number of benzene rings is 5. The molecule has 0 spiro atoms. The Morgan fingerprint density at radius 1 is 0.739 bits per heavy atom. The Labute approximate surface area is 279 Å². The van der Waals surface area contributed by atoms with E-state index in [2.05, 4.69) is 16.0 Å². The number of thioether (sulfide) groups is 1. The van der Waals surface area contributed by atoms with Crippen LogP contribution in [0.4, 0.5) is 15.8 Å². The molecule has 5 rings (SSSR count). The smallest absolute Gasteiger partial charge is 0.272 e. The monoisotopic (exact) mass is 669 g/mol. The van der Waals surface area contributed by atoms with Gasteiger partial charge in [0.15, 0.2) is 0 Å². The van der Waals surface area contributed by atoms with Crippen molar-refractivity contribution in [3.8, 4) is 0 Å². The van der Waals surface area contributed by atoms with Crippen LogP contribution in [0.5, 0.6) is 0 Å². The molecule has 0 heterocycles. The molecule has 5 aromatic carbocycles. The van der Waals surface area contributed by atoms with Gasteiger partial charge in [-0.1, -0.05) is 96.0 Å². The number of amides is 3. The molecule has 0 radical (unpaired) electrons. The van der Waals surface area contributed by atoms with Crippen molar-refractivity contribution in [2.24, 2.45) is 0 Å². The van der Waals surface area contributed by atoms with Gasteiger partial charge >= 0.3 is 0 Å². The molecule has 0 aliphatic carbocycles. The Bertz CT molecular complexity index is 1890. The van der Waals surface area contributed by atoms with Gasteiger partial charge in [-0.2, -0.15) is 0 Å². The van der Waals surface area contributed by atoms with E-state index in [-0.39, 0.29) is 16.6 Å². The lowest BCUT2D eigenvalue weighted by molar-refractivity contribution is -0.116. The molecule has 0 aliphatic heterocycles. The third kappa shape index (κ3) is 8.63. The van der Waals surface area contributed by atoms with Crippen molar-refractivity contribution in [3.05, 3.63) is 166 Å². The highest BCUT2D eigenvalue weighted by atomic mass is 35.5. The number of nitrogens with one attached hydrogen (secondary N) is 3. The summed E-state index contributed by atoms with van der Waals surface area (Å²) >= 11 is 13.8. The highest BCUT2D eigenvalue weighted by molar-refractivity contribution is 8.00. The van der Waals surface area contributed by atoms with Crippen LogP contribution in [-0.4, -0.2) is 17.7 Å². The van der Waals surface area contributed by atoms with Crippen molar-refractivity contribution in [3.63, 3.8) is 0 Å². The lowest BCUT2D eigenvalue weighted by atomic mass is 10.1. The van der Waals surface area contributed by atoms with Crippen molar-refractivity contribution < 1.29 is 18.8 Å². The predicted molar refractivity (Wildman–Crippen MR) is 183 cm³/mol. The van der Waals surface area contributed by atoms with Gasteiger partial charge in [0.05, 0.1) is 15.7 Å². The summed E-state index contributed by atoms with van der Waals surface area (Å²) in [5.41, 5.74) is 2.41. The second-order valence-electron chi connectivity index (χ2n) is 9.91. The average Bonchev–Trinajstić information content (AvgIpc) is 3.07. The number of carbonyl (C=O) groups is 3. The first kappa shape index (κ1) is 32.5. The zero-order chi connectivity index (χ0) is 32.5. The number of hydrogen-bond acceptors (Lipinski definition) is 4. The Hall–Kier alpha value is -4.89. The van der Waals surface area contributed by atoms with E-state index < -0.39 is 22.9 Å². The Balaban J connectivity index is 1.38. The lowest BCUT2D eigenvalue weighted by Gasteiger charge is -2.18. The molecule has 3 N–H and O–H groups in total. The molecule has 6 nitrogen and oxygen atoms in total. The van der Waals surface area contributed by atoms with Crippen LogP contribution in [0.25, 0.3) is 6.08 Å². The number of anilines is 2. The van der Waals surface area contributed by atoms with Gasteiger partial charge in [0.2, 0.25) is 5.91 Å². The van der Waals surface area contributed by atoms with Crippen LogP contribution in [-0.2, 0) is 9.59 Å². The van der Waals surface area contributed by atoms with Crippen molar-refractivity contribution in [2.45, 2.75) is 10.1 Å². The summed E-state index contributed by atoms with van der Waals surface area (Å²) in [6.07, 6.45) is 1.46. The molecule has 0 fully saturated rings. The van der Waals surface area contributed by atoms with Crippen LogP contribution in [0, 0.1) is 5.82 Å². The van der Waals surface area contributed by atoms with Crippen LogP contribution in [0.15, 0.2) is 138 Å². The van der Waals surface area contributed by atoms with Gasteiger partial charge in [-0.15, -0.1) is 11.8 Å². The quantitative estimate of drug-likeness (QED) is 0.102. The summed E-state index contributed by atoms with van der Waals surface area (Å²) in [7, 11) is 0. The van der Waals surface area contributed by atoms with E-state index in [1.165, 1.54) is 42.1 Å². The maximum absolute atomic E-state index is 13.6. The number of hydrogen-bond donors (Lipinski definition) is 3. The average molecular weight is 671 g/mol. The molecule has 1 unspecified atom stereocenters. The first-order valence-electron chi connectivity index (χ1n) is 14.0. The lowest BCUT2D eigenvalue weighted by Crippen LogP contribution is -2.30. The summed E-state index contributed by atoms with van der Waals surface area (Å²) in [6, 6.07) is 35.2. The van der Waals surface area contributed by atoms with E-state index in [1.807, 2.05) is 36.4 Å². The summed E-state index contributed by atoms with van der Waals surface area (Å²) in [5.74, 6) is -1.82. The molecule has 1 atom stereocenters. The molecule has 0 saturated heterocycles. The standard InChI is InChI=1S/C36H26Cl2FN3O3S/c37-29-15-8-16-30(32(29)38)41-36(45)33(24-9-3-1-4-10-24)46-28-14-7-13-27(22-28)40-35(44)31(21-23-17-19-26(39)20-18-23)42-34(43)25-11-5-2-6-12-25/h1-22,33H,(H,40,44)(H,41,45)(H,42,43)/b31-21+. The van der Waals surface area contributed by atoms with Gasteiger partial charge in [-0.05, 0) is 71.8 Å². The summed E-state index contributed by atoms with van der Waals surface area (Å²) < 4.78 is 13.5. The topological polar surface area (TPSA) is 87.3 Å². The first-order chi connectivity index (χ1) is 22.3. The molecule has 0 aromatic heterocycles. The van der Waals surface area contributed by atoms with Crippen LogP contribution in [0.3, 0.4) is 0 Å². The van der Waals surface area contributed by atoms with E-state index in [9.17, 15) is 18.8 Å². The highest BCUT2D eigenvalue weighted by Crippen LogP contribution is 2.38. The van der Waals surface area contributed by atoms with E-state index in [0.29, 0.717) is 32.4 Å². The van der Waals surface area contributed by atoms with Crippen LogP contribution < -0.4 is 16.0 Å². The normalized spacial score (nSPS) is 11.8. The van der Waals surface area contributed by atoms with Crippen LogP contribution in [0.2, 0.25) is 10.0 Å². The molecule has 5 aromatic rings. The third-order valence-electron chi connectivity index (χ3n) is 6.61. The summed E-state index contributed by atoms with van der Waals surface area (Å²) in [5, 5.41) is 8.25. The number of carbonyl (C=O) groups excluding carboxylic acids is 3. The molecule has 0 bridgehead atoms. The fourth-order valence-corrected chi connectivity index (χ4v) is 5.78. The molecule has 230 valence electrons. The van der Waals surface area contributed by atoms with Gasteiger partial charge in [0.1, 0.15) is 16.8 Å². The van der Waals surface area contributed by atoms with Crippen LogP contribution >= 0.6 is 35.0 Å². The molecule has 0 aliphatic rings. The second-order valence-corrected chi connectivity index (χ2v) is 11.9. The van der Waals surface area contributed by atoms with Crippen molar-refractivity contribution >= 4 is 70.1 Å². The Morgan fingerprint density at radius 2 is 1.41 bits per heavy atom. The minimum absolute atomic E-state index is 0.0431. The van der Waals surface area contributed by atoms with Gasteiger partial charge < -0.3 is 16.0 Å². The second kappa shape index (κ2) is 15.4. The minimum Gasteiger partial charge on any atom is -0.323 e. The highest BCUT2D eigenvalue weighted by Gasteiger charge is 2.24. The predicted octanol–water partition coefficient (Wildman–Crippen LogP) is 9.01. The van der Waals surface area contributed by atoms with Gasteiger partial charge in [0.25, 0.3) is 11.8 Å². The SMILES string of the molecule is O=C(Nc1cccc(SC(C(=O)Nc2cccc(Cl)c2Cl)c2ccccc2)c1)/C(=C\c1ccc(F)cc1)NC(=O)c1ccccc1. The molecule has 3 amide bonds. The molecule has 0 saturated carbocycles. The molecule has 10 heteroatoms. The number of rotatable bonds is 10. The zero-order valence-electron chi connectivity index (χ0n) is 24.0. The van der Waals surface area contributed by atoms with Crippen molar-refractivity contribution in [1.82, 2.24) is 5.32 Å². The maximum Gasteiger partial charge on any atom is 0.272 e. The first-order valence-corrected chi connectivity index (χ1v) is 15.6. The fourth-order valence-electron chi connectivity index (χ4n) is 4.35. The molecule has 46 heavy (non-hydrogen) atoms. The van der Waals surface area contributed by atoms with Gasteiger partial charge in [-0.25, -0.2) is 4.39 Å². The van der Waals surface area contributed by atoms with E-state index in [1.54, 1.807) is 66.7 Å². The molecular formula is C36H26Cl2FN3O3S. The largest absolute Gasteiger partial charge is 0.323 e. The number of halogens is 3. The Kier molecular flexibility index (Phi) is 10.9. The van der Waals surface area contributed by atoms with E-state index in [0.717, 1.165) is 5.56 Å². The van der Waals surface area contributed by atoms with Gasteiger partial charge in [0, 0.05) is 16.1 Å².